The number of piperidine rings is 1. The lowest BCUT2D eigenvalue weighted by Crippen LogP contribution is -2.44. The Hall–Kier alpha value is -4.18. The summed E-state index contributed by atoms with van der Waals surface area (Å²) in [6.45, 7) is 4.38. The number of nitrogens with one attached hydrogen (secondary N) is 2. The number of rotatable bonds is 9. The molecule has 2 aliphatic heterocycles. The number of carbonyl (C=O) groups is 2. The van der Waals surface area contributed by atoms with Gasteiger partial charge in [-0.1, -0.05) is 30.3 Å². The van der Waals surface area contributed by atoms with Crippen molar-refractivity contribution in [1.29, 1.82) is 0 Å². The van der Waals surface area contributed by atoms with Crippen molar-refractivity contribution in [2.24, 2.45) is 5.92 Å². The Morgan fingerprint density at radius 3 is 2.57 bits per heavy atom. The maximum absolute atomic E-state index is 13.1. The minimum Gasteiger partial charge on any atom is -0.495 e. The molecule has 0 spiro atoms. The molecular weight excluding hydrogens is 530 g/mol. The van der Waals surface area contributed by atoms with Gasteiger partial charge in [0.05, 0.1) is 19.0 Å². The van der Waals surface area contributed by atoms with Gasteiger partial charge in [-0.05, 0) is 55.4 Å². The van der Waals surface area contributed by atoms with Gasteiger partial charge in [0.25, 0.3) is 5.91 Å². The van der Waals surface area contributed by atoms with Crippen LogP contribution in [0.1, 0.15) is 48.0 Å². The van der Waals surface area contributed by atoms with Crippen molar-refractivity contribution >= 4 is 35.0 Å². The average Bonchev–Trinajstić information content (AvgIpc) is 3.85. The molecule has 1 saturated carbocycles. The van der Waals surface area contributed by atoms with E-state index in [0.717, 1.165) is 44.8 Å². The first-order valence-corrected chi connectivity index (χ1v) is 14.9. The molecule has 1 aliphatic carbocycles. The number of aromatic nitrogens is 2. The largest absolute Gasteiger partial charge is 0.495 e. The third-order valence-corrected chi connectivity index (χ3v) is 8.44. The van der Waals surface area contributed by atoms with Gasteiger partial charge in [0, 0.05) is 57.8 Å². The molecule has 1 aromatic heterocycles. The third-order valence-electron chi connectivity index (χ3n) is 8.44. The Morgan fingerprint density at radius 2 is 1.83 bits per heavy atom. The van der Waals surface area contributed by atoms with Crippen LogP contribution in [-0.2, 0) is 11.3 Å². The molecule has 3 aromatic rings. The van der Waals surface area contributed by atoms with Gasteiger partial charge in [0.1, 0.15) is 11.4 Å². The maximum atomic E-state index is 13.1. The Balaban J connectivity index is 1.10. The van der Waals surface area contributed by atoms with Crippen molar-refractivity contribution in [1.82, 2.24) is 20.2 Å². The van der Waals surface area contributed by atoms with Crippen LogP contribution in [0.4, 0.5) is 23.1 Å². The van der Waals surface area contributed by atoms with E-state index in [1.54, 1.807) is 37.4 Å². The van der Waals surface area contributed by atoms with E-state index in [1.165, 1.54) is 18.4 Å². The SMILES string of the molecule is COc1cc(C(=O)NC2CCN(Cc3ccccc3)CC2)ccc1Nc1ncc2c(n1)N(CC1CC1)CCC(=O)N2C. The van der Waals surface area contributed by atoms with Crippen LogP contribution >= 0.6 is 0 Å². The van der Waals surface area contributed by atoms with Gasteiger partial charge >= 0.3 is 0 Å². The molecule has 42 heavy (non-hydrogen) atoms. The van der Waals surface area contributed by atoms with Crippen LogP contribution in [0, 0.1) is 5.92 Å². The third kappa shape index (κ3) is 6.49. The highest BCUT2D eigenvalue weighted by molar-refractivity contribution is 5.97. The molecule has 220 valence electrons. The normalized spacial score (nSPS) is 17.9. The number of methoxy groups -OCH3 is 1. The van der Waals surface area contributed by atoms with Crippen LogP contribution in [-0.4, -0.2) is 73.1 Å². The predicted octanol–water partition coefficient (Wildman–Crippen LogP) is 4.21. The van der Waals surface area contributed by atoms with Crippen LogP contribution < -0.4 is 25.2 Å². The lowest BCUT2D eigenvalue weighted by molar-refractivity contribution is -0.118. The van der Waals surface area contributed by atoms with Crippen LogP contribution in [0.2, 0.25) is 0 Å². The number of fused-ring (bicyclic) bond motifs is 1. The summed E-state index contributed by atoms with van der Waals surface area (Å²) in [7, 11) is 3.36. The van der Waals surface area contributed by atoms with Gasteiger partial charge < -0.3 is 25.2 Å². The molecule has 6 rings (SSSR count). The van der Waals surface area contributed by atoms with Crippen molar-refractivity contribution in [3.05, 3.63) is 65.9 Å². The molecule has 1 saturated heterocycles. The van der Waals surface area contributed by atoms with Gasteiger partial charge in [-0.25, -0.2) is 4.98 Å². The van der Waals surface area contributed by atoms with Crippen LogP contribution in [0.3, 0.4) is 0 Å². The first-order chi connectivity index (χ1) is 20.5. The second-order valence-electron chi connectivity index (χ2n) is 11.5. The molecule has 10 heteroatoms. The van der Waals surface area contributed by atoms with E-state index >= 15 is 0 Å². The fraction of sp³-hybridized carbons (Fsp3) is 0.438. The highest BCUT2D eigenvalue weighted by Gasteiger charge is 2.31. The molecule has 2 N–H and O–H groups in total. The van der Waals surface area contributed by atoms with Gasteiger partial charge in [-0.2, -0.15) is 4.98 Å². The molecule has 0 bridgehead atoms. The molecule has 0 radical (unpaired) electrons. The fourth-order valence-corrected chi connectivity index (χ4v) is 5.73. The van der Waals surface area contributed by atoms with Gasteiger partial charge in [0.15, 0.2) is 5.82 Å². The standard InChI is InChI=1S/C32H39N7O3/c1-37-27-19-33-32(36-30(27)39(17-14-29(37)40)21-23-8-9-23)35-26-11-10-24(18-28(26)42-2)31(41)34-25-12-15-38(16-13-25)20-22-6-4-3-5-7-22/h3-7,10-11,18-19,23,25H,8-9,12-17,20-21H2,1-2H3,(H,34,41)(H,33,35,36). The number of ether oxygens (including phenoxy) is 1. The van der Waals surface area contributed by atoms with Crippen molar-refractivity contribution in [2.45, 2.75) is 44.7 Å². The van der Waals surface area contributed by atoms with E-state index in [-0.39, 0.29) is 17.9 Å². The summed E-state index contributed by atoms with van der Waals surface area (Å²) in [5, 5.41) is 6.48. The van der Waals surface area contributed by atoms with Crippen LogP contribution in [0.15, 0.2) is 54.7 Å². The van der Waals surface area contributed by atoms with E-state index in [4.69, 9.17) is 9.72 Å². The van der Waals surface area contributed by atoms with Crippen molar-refractivity contribution in [3.63, 3.8) is 0 Å². The Labute approximate surface area is 247 Å². The number of nitrogens with zero attached hydrogens (tertiary/aromatic N) is 5. The van der Waals surface area contributed by atoms with E-state index < -0.39 is 0 Å². The van der Waals surface area contributed by atoms with Crippen LogP contribution in [0.5, 0.6) is 5.75 Å². The molecule has 3 heterocycles. The lowest BCUT2D eigenvalue weighted by Gasteiger charge is -2.32. The van der Waals surface area contributed by atoms with Gasteiger partial charge in [-0.15, -0.1) is 0 Å². The Kier molecular flexibility index (Phi) is 8.23. The van der Waals surface area contributed by atoms with Gasteiger partial charge in [0.2, 0.25) is 11.9 Å². The molecule has 3 aliphatic rings. The predicted molar refractivity (Wildman–Crippen MR) is 163 cm³/mol. The smallest absolute Gasteiger partial charge is 0.251 e. The summed E-state index contributed by atoms with van der Waals surface area (Å²) in [6, 6.07) is 16.0. The first kappa shape index (κ1) is 28.0. The number of benzene rings is 2. The lowest BCUT2D eigenvalue weighted by atomic mass is 10.0. The van der Waals surface area contributed by atoms with E-state index in [0.29, 0.717) is 47.5 Å². The molecular formula is C32H39N7O3. The molecule has 0 atom stereocenters. The summed E-state index contributed by atoms with van der Waals surface area (Å²) in [5.41, 5.74) is 3.24. The van der Waals surface area contributed by atoms with Crippen molar-refractivity contribution in [2.75, 3.05) is 55.5 Å². The highest BCUT2D eigenvalue weighted by atomic mass is 16.5. The quantitative estimate of drug-likeness (QED) is 0.395. The second-order valence-corrected chi connectivity index (χ2v) is 11.5. The van der Waals surface area contributed by atoms with E-state index in [1.807, 2.05) is 12.1 Å². The Morgan fingerprint density at radius 1 is 1.05 bits per heavy atom. The summed E-state index contributed by atoms with van der Waals surface area (Å²) < 4.78 is 5.65. The van der Waals surface area contributed by atoms with Gasteiger partial charge in [-0.3, -0.25) is 14.5 Å². The maximum Gasteiger partial charge on any atom is 0.251 e. The molecule has 2 amide bonds. The number of hydrogen-bond acceptors (Lipinski definition) is 8. The molecule has 2 fully saturated rings. The summed E-state index contributed by atoms with van der Waals surface area (Å²) in [5.74, 6) is 2.31. The minimum atomic E-state index is -0.105. The number of hydrogen-bond donors (Lipinski definition) is 2. The number of likely N-dealkylation sites (tertiary alicyclic amines) is 1. The monoisotopic (exact) mass is 569 g/mol. The summed E-state index contributed by atoms with van der Waals surface area (Å²) in [6.07, 6.45) is 6.43. The van der Waals surface area contributed by atoms with Crippen molar-refractivity contribution < 1.29 is 14.3 Å². The van der Waals surface area contributed by atoms with E-state index in [2.05, 4.69) is 49.7 Å². The molecule has 0 unspecified atom stereocenters. The zero-order chi connectivity index (χ0) is 29.1. The zero-order valence-corrected chi connectivity index (χ0v) is 24.4. The fourth-order valence-electron chi connectivity index (χ4n) is 5.73. The van der Waals surface area contributed by atoms with Crippen LogP contribution in [0.25, 0.3) is 0 Å². The number of anilines is 4. The summed E-state index contributed by atoms with van der Waals surface area (Å²) in [4.78, 5) is 41.3. The topological polar surface area (TPSA) is 103 Å². The average molecular weight is 570 g/mol. The molecule has 2 aromatic carbocycles. The number of carbonyl (C=O) groups excluding carboxylic acids is 2. The number of amides is 2. The first-order valence-electron chi connectivity index (χ1n) is 14.9. The minimum absolute atomic E-state index is 0.0622. The van der Waals surface area contributed by atoms with Crippen molar-refractivity contribution in [3.8, 4) is 5.75 Å². The Bertz CT molecular complexity index is 1420. The summed E-state index contributed by atoms with van der Waals surface area (Å²) >= 11 is 0. The highest BCUT2D eigenvalue weighted by Crippen LogP contribution is 2.36. The molecule has 10 nitrogen and oxygen atoms in total. The second kappa shape index (κ2) is 12.4. The van der Waals surface area contributed by atoms with E-state index in [9.17, 15) is 9.59 Å². The zero-order valence-electron chi connectivity index (χ0n) is 24.4.